The van der Waals surface area contributed by atoms with Crippen molar-refractivity contribution in [1.82, 2.24) is 10.2 Å². The summed E-state index contributed by atoms with van der Waals surface area (Å²) in [5.74, 6) is -0.759. The Morgan fingerprint density at radius 1 is 1.07 bits per heavy atom. The number of ether oxygens (including phenoxy) is 1. The zero-order valence-electron chi connectivity index (χ0n) is 17.6. The molecule has 2 N–H and O–H groups in total. The Bertz CT molecular complexity index is 651. The monoisotopic (exact) mass is 391 g/mol. The van der Waals surface area contributed by atoms with E-state index >= 15 is 0 Å². The minimum absolute atomic E-state index is 0.0730. The highest BCUT2D eigenvalue weighted by Gasteiger charge is 2.23. The molecular weight excluding hydrogens is 358 g/mol. The number of rotatable bonds is 10. The molecule has 0 heterocycles. The highest BCUT2D eigenvalue weighted by atomic mass is 16.5. The van der Waals surface area contributed by atoms with E-state index in [4.69, 9.17) is 4.74 Å². The molecule has 28 heavy (non-hydrogen) atoms. The van der Waals surface area contributed by atoms with E-state index in [1.54, 1.807) is 19.2 Å². The van der Waals surface area contributed by atoms with Crippen molar-refractivity contribution >= 4 is 23.4 Å². The summed E-state index contributed by atoms with van der Waals surface area (Å²) in [5, 5.41) is 5.30. The van der Waals surface area contributed by atoms with Crippen LogP contribution in [0.4, 0.5) is 5.69 Å². The fourth-order valence-electron chi connectivity index (χ4n) is 2.51. The van der Waals surface area contributed by atoms with E-state index in [1.807, 2.05) is 39.8 Å². The van der Waals surface area contributed by atoms with Crippen LogP contribution in [0.2, 0.25) is 0 Å². The number of benzene rings is 1. The quantitative estimate of drug-likeness (QED) is 0.599. The lowest BCUT2D eigenvalue weighted by atomic mass is 9.91. The lowest BCUT2D eigenvalue weighted by Crippen LogP contribution is -2.44. The molecule has 0 atom stereocenters. The van der Waals surface area contributed by atoms with Crippen molar-refractivity contribution in [2.45, 2.75) is 40.5 Å². The largest absolute Gasteiger partial charge is 0.385 e. The van der Waals surface area contributed by atoms with Crippen LogP contribution in [-0.4, -0.2) is 56.0 Å². The molecule has 1 rings (SSSR count). The average molecular weight is 392 g/mol. The van der Waals surface area contributed by atoms with E-state index in [-0.39, 0.29) is 36.2 Å². The first-order valence-electron chi connectivity index (χ1n) is 9.50. The van der Waals surface area contributed by atoms with E-state index in [0.717, 1.165) is 5.56 Å². The molecule has 156 valence electrons. The number of hydrogen-bond donors (Lipinski definition) is 2. The van der Waals surface area contributed by atoms with Crippen LogP contribution in [0.1, 0.15) is 39.2 Å². The molecule has 1 aromatic rings. The third kappa shape index (κ3) is 10.1. The predicted molar refractivity (Wildman–Crippen MR) is 110 cm³/mol. The second-order valence-electron chi connectivity index (χ2n) is 8.09. The third-order valence-corrected chi connectivity index (χ3v) is 3.93. The van der Waals surface area contributed by atoms with Crippen LogP contribution in [0.3, 0.4) is 0 Å². The second kappa shape index (κ2) is 11.4. The van der Waals surface area contributed by atoms with Crippen molar-refractivity contribution in [2.24, 2.45) is 5.41 Å². The van der Waals surface area contributed by atoms with Gasteiger partial charge in [-0.1, -0.05) is 38.5 Å². The van der Waals surface area contributed by atoms with Gasteiger partial charge in [-0.05, 0) is 30.9 Å². The zero-order chi connectivity index (χ0) is 21.2. The topological polar surface area (TPSA) is 87.7 Å². The molecule has 0 bridgehead atoms. The number of aryl methyl sites for hydroxylation is 1. The standard InChI is InChI=1S/C21H33N3O4/c1-16-7-9-17(10-8-16)23-18(25)14-22-19(26)15-24(11-6-12-28-5)20(27)13-21(2,3)4/h7-10H,6,11-15H2,1-5H3,(H,22,26)(H,23,25). The van der Waals surface area contributed by atoms with Crippen LogP contribution >= 0.6 is 0 Å². The van der Waals surface area contributed by atoms with Crippen LogP contribution in [0.25, 0.3) is 0 Å². The van der Waals surface area contributed by atoms with E-state index in [0.29, 0.717) is 31.7 Å². The minimum Gasteiger partial charge on any atom is -0.385 e. The smallest absolute Gasteiger partial charge is 0.243 e. The van der Waals surface area contributed by atoms with Gasteiger partial charge in [-0.3, -0.25) is 14.4 Å². The molecule has 0 aliphatic heterocycles. The molecule has 3 amide bonds. The molecule has 0 fully saturated rings. The van der Waals surface area contributed by atoms with Crippen LogP contribution in [0.5, 0.6) is 0 Å². The Morgan fingerprint density at radius 2 is 1.71 bits per heavy atom. The summed E-state index contributed by atoms with van der Waals surface area (Å²) >= 11 is 0. The fourth-order valence-corrected chi connectivity index (χ4v) is 2.51. The van der Waals surface area contributed by atoms with Crippen LogP contribution in [0, 0.1) is 12.3 Å². The Balaban J connectivity index is 2.52. The van der Waals surface area contributed by atoms with Gasteiger partial charge in [-0.25, -0.2) is 0 Å². The highest BCUT2D eigenvalue weighted by Crippen LogP contribution is 2.19. The second-order valence-corrected chi connectivity index (χ2v) is 8.09. The van der Waals surface area contributed by atoms with Gasteiger partial charge >= 0.3 is 0 Å². The highest BCUT2D eigenvalue weighted by molar-refractivity contribution is 5.95. The zero-order valence-corrected chi connectivity index (χ0v) is 17.6. The molecule has 0 saturated carbocycles. The number of anilines is 1. The van der Waals surface area contributed by atoms with Crippen molar-refractivity contribution in [3.05, 3.63) is 29.8 Å². The molecule has 7 nitrogen and oxygen atoms in total. The first-order chi connectivity index (χ1) is 13.1. The number of carbonyl (C=O) groups excluding carboxylic acids is 3. The summed E-state index contributed by atoms with van der Waals surface area (Å²) in [6.45, 7) is 8.63. The van der Waals surface area contributed by atoms with Crippen molar-refractivity contribution in [1.29, 1.82) is 0 Å². The molecule has 7 heteroatoms. The maximum absolute atomic E-state index is 12.5. The molecule has 0 unspecified atom stereocenters. The normalized spacial score (nSPS) is 11.0. The first-order valence-corrected chi connectivity index (χ1v) is 9.50. The maximum atomic E-state index is 12.5. The minimum atomic E-state index is -0.362. The summed E-state index contributed by atoms with van der Waals surface area (Å²) in [5.41, 5.74) is 1.60. The van der Waals surface area contributed by atoms with Gasteiger partial charge < -0.3 is 20.3 Å². The van der Waals surface area contributed by atoms with E-state index in [2.05, 4.69) is 10.6 Å². The number of amides is 3. The van der Waals surface area contributed by atoms with Crippen molar-refractivity contribution in [3.8, 4) is 0 Å². The summed E-state index contributed by atoms with van der Waals surface area (Å²) in [7, 11) is 1.60. The molecule has 0 aromatic heterocycles. The maximum Gasteiger partial charge on any atom is 0.243 e. The van der Waals surface area contributed by atoms with Crippen LogP contribution in [-0.2, 0) is 19.1 Å². The van der Waals surface area contributed by atoms with Gasteiger partial charge in [0.1, 0.15) is 0 Å². The SMILES string of the molecule is COCCCN(CC(=O)NCC(=O)Nc1ccc(C)cc1)C(=O)CC(C)(C)C. The fraction of sp³-hybridized carbons (Fsp3) is 0.571. The molecule has 0 saturated heterocycles. The van der Waals surface area contributed by atoms with Gasteiger partial charge in [0, 0.05) is 32.4 Å². The number of methoxy groups -OCH3 is 1. The molecule has 0 spiro atoms. The average Bonchev–Trinajstić information content (AvgIpc) is 2.60. The Hall–Kier alpha value is -2.41. The molecule has 0 radical (unpaired) electrons. The number of carbonyl (C=O) groups is 3. The van der Waals surface area contributed by atoms with Crippen molar-refractivity contribution in [3.63, 3.8) is 0 Å². The number of nitrogens with one attached hydrogen (secondary N) is 2. The number of nitrogens with zero attached hydrogens (tertiary/aromatic N) is 1. The van der Waals surface area contributed by atoms with Gasteiger partial charge in [0.25, 0.3) is 0 Å². The van der Waals surface area contributed by atoms with E-state index < -0.39 is 0 Å². The lowest BCUT2D eigenvalue weighted by Gasteiger charge is -2.26. The van der Waals surface area contributed by atoms with E-state index in [9.17, 15) is 14.4 Å². The Labute approximate surface area is 167 Å². The lowest BCUT2D eigenvalue weighted by molar-refractivity contribution is -0.137. The summed E-state index contributed by atoms with van der Waals surface area (Å²) in [4.78, 5) is 38.3. The van der Waals surface area contributed by atoms with Crippen LogP contribution < -0.4 is 10.6 Å². The predicted octanol–water partition coefficient (Wildman–Crippen LogP) is 2.35. The Kier molecular flexibility index (Phi) is 9.65. The number of hydrogen-bond acceptors (Lipinski definition) is 4. The van der Waals surface area contributed by atoms with Crippen molar-refractivity contribution < 1.29 is 19.1 Å². The van der Waals surface area contributed by atoms with Gasteiger partial charge in [0.2, 0.25) is 17.7 Å². The van der Waals surface area contributed by atoms with Gasteiger partial charge in [-0.2, -0.15) is 0 Å². The summed E-state index contributed by atoms with van der Waals surface area (Å²) < 4.78 is 5.03. The third-order valence-electron chi connectivity index (χ3n) is 3.93. The first kappa shape index (κ1) is 23.6. The molecule has 0 aliphatic carbocycles. The molecular formula is C21H33N3O4. The summed E-state index contributed by atoms with van der Waals surface area (Å²) in [6, 6.07) is 7.40. The van der Waals surface area contributed by atoms with Gasteiger partial charge in [-0.15, -0.1) is 0 Å². The van der Waals surface area contributed by atoms with Crippen molar-refractivity contribution in [2.75, 3.05) is 38.7 Å². The Morgan fingerprint density at radius 3 is 2.29 bits per heavy atom. The molecule has 1 aromatic carbocycles. The van der Waals surface area contributed by atoms with Gasteiger partial charge in [0.15, 0.2) is 0 Å². The van der Waals surface area contributed by atoms with Gasteiger partial charge in [0.05, 0.1) is 13.1 Å². The van der Waals surface area contributed by atoms with E-state index in [1.165, 1.54) is 4.90 Å². The van der Waals surface area contributed by atoms with Crippen LogP contribution in [0.15, 0.2) is 24.3 Å². The summed E-state index contributed by atoms with van der Waals surface area (Å²) in [6.07, 6.45) is 0.995. The molecule has 0 aliphatic rings.